The van der Waals surface area contributed by atoms with Crippen molar-refractivity contribution in [2.75, 3.05) is 24.5 Å². The topological polar surface area (TPSA) is 202 Å². The molecule has 7 rings (SSSR count). The number of benzene rings is 2. The van der Waals surface area contributed by atoms with E-state index in [2.05, 4.69) is 34.5 Å². The lowest BCUT2D eigenvalue weighted by atomic mass is 9.71. The number of guanidine groups is 2. The highest BCUT2D eigenvalue weighted by molar-refractivity contribution is 6.12. The second-order valence-corrected chi connectivity index (χ2v) is 13.0. The summed E-state index contributed by atoms with van der Waals surface area (Å²) in [6, 6.07) is 10.7. The van der Waals surface area contributed by atoms with Crippen molar-refractivity contribution in [3.05, 3.63) is 65.2 Å². The maximum Gasteiger partial charge on any atom is 0.331 e. The molecule has 0 aromatic heterocycles. The van der Waals surface area contributed by atoms with Crippen LogP contribution < -0.4 is 27.0 Å². The maximum atomic E-state index is 13.8. The van der Waals surface area contributed by atoms with Crippen LogP contribution >= 0.6 is 0 Å². The molecule has 1 spiro atoms. The summed E-state index contributed by atoms with van der Waals surface area (Å²) in [6.45, 7) is 3.82. The fourth-order valence-electron chi connectivity index (χ4n) is 7.73. The minimum atomic E-state index is -2.65. The first-order chi connectivity index (χ1) is 21.3. The lowest BCUT2D eigenvalue weighted by molar-refractivity contribution is -0.230. The molecule has 2 saturated heterocycles. The first kappa shape index (κ1) is 29.0. The molecule has 2 aromatic rings. The van der Waals surface area contributed by atoms with Crippen molar-refractivity contribution in [2.45, 2.75) is 68.1 Å². The van der Waals surface area contributed by atoms with Crippen LogP contribution in [0.2, 0.25) is 0 Å². The average molecular weight is 616 g/mol. The van der Waals surface area contributed by atoms with Crippen LogP contribution in [0.3, 0.4) is 0 Å². The van der Waals surface area contributed by atoms with Crippen molar-refractivity contribution in [1.82, 2.24) is 20.4 Å². The number of imide groups is 1. The molecule has 4 heterocycles. The van der Waals surface area contributed by atoms with E-state index in [4.69, 9.17) is 11.5 Å². The Morgan fingerprint density at radius 2 is 1.84 bits per heavy atom. The summed E-state index contributed by atoms with van der Waals surface area (Å²) in [5.74, 6) is -3.70. The Morgan fingerprint density at radius 1 is 1.09 bits per heavy atom. The molecule has 5 aliphatic rings. The van der Waals surface area contributed by atoms with Gasteiger partial charge in [-0.25, -0.2) is 14.8 Å². The number of hydrogen-bond donors (Lipinski definition) is 6. The van der Waals surface area contributed by atoms with Crippen LogP contribution in [0.4, 0.5) is 10.5 Å². The molecule has 45 heavy (non-hydrogen) atoms. The van der Waals surface area contributed by atoms with Crippen LogP contribution in [0.5, 0.6) is 0 Å². The standard InChI is InChI=1S/C31H37N9O5/c1-29(2)13-7-11-18-19(10-6-12-20(18)29)25(42)35-22-15-40-27(33)34-21(24-30(40,31(22,44)45)37-26(32)36-24)14-39-23(41)16-38(28(39)43)17-8-4-3-5-9-17/h3-6,8-10,12,21-22,24,44-45H,7,11,13-16H2,1-2H3,(H2,33,34)(H,35,42)(H3,32,36,37)/t21-,22?,24?,30?/m0/s1. The summed E-state index contributed by atoms with van der Waals surface area (Å²) in [7, 11) is 0. The van der Waals surface area contributed by atoms with Crippen LogP contribution in [-0.4, -0.2) is 99.0 Å². The van der Waals surface area contributed by atoms with E-state index in [1.807, 2.05) is 18.2 Å². The number of urea groups is 1. The van der Waals surface area contributed by atoms with Crippen molar-refractivity contribution in [1.29, 1.82) is 0 Å². The Kier molecular flexibility index (Phi) is 6.39. The molecule has 2 aromatic carbocycles. The Bertz CT molecular complexity index is 1660. The summed E-state index contributed by atoms with van der Waals surface area (Å²) >= 11 is 0. The molecule has 0 radical (unpaired) electrons. The predicted octanol–water partition coefficient (Wildman–Crippen LogP) is -0.456. The van der Waals surface area contributed by atoms with Gasteiger partial charge in [-0.1, -0.05) is 44.2 Å². The molecule has 0 bridgehead atoms. The van der Waals surface area contributed by atoms with Crippen molar-refractivity contribution in [3.63, 3.8) is 0 Å². The van der Waals surface area contributed by atoms with Crippen LogP contribution in [-0.2, 0) is 16.6 Å². The maximum absolute atomic E-state index is 13.8. The second-order valence-electron chi connectivity index (χ2n) is 13.0. The second kappa shape index (κ2) is 9.91. The Balaban J connectivity index is 1.17. The lowest BCUT2D eigenvalue weighted by Gasteiger charge is -2.49. The van der Waals surface area contributed by atoms with Crippen molar-refractivity contribution in [3.8, 4) is 0 Å². The number of nitrogens with two attached hydrogens (primary N) is 2. The lowest BCUT2D eigenvalue weighted by Crippen LogP contribution is -2.78. The third-order valence-corrected chi connectivity index (χ3v) is 9.98. The molecule has 4 atom stereocenters. The third-order valence-electron chi connectivity index (χ3n) is 9.98. The molecule has 236 valence electrons. The van der Waals surface area contributed by atoms with Crippen LogP contribution in [0, 0.1) is 0 Å². The van der Waals surface area contributed by atoms with E-state index in [9.17, 15) is 24.6 Å². The van der Waals surface area contributed by atoms with Crippen LogP contribution in [0.25, 0.3) is 0 Å². The zero-order valence-corrected chi connectivity index (χ0v) is 25.1. The van der Waals surface area contributed by atoms with Gasteiger partial charge < -0.3 is 37.2 Å². The number of anilines is 1. The molecule has 1 aliphatic carbocycles. The normalized spacial score (nSPS) is 29.4. The number of rotatable bonds is 5. The van der Waals surface area contributed by atoms with Crippen molar-refractivity contribution in [2.24, 2.45) is 21.5 Å². The highest BCUT2D eigenvalue weighted by Gasteiger charge is 2.73. The predicted molar refractivity (Wildman–Crippen MR) is 165 cm³/mol. The summed E-state index contributed by atoms with van der Waals surface area (Å²) in [5, 5.41) is 29.5. The Morgan fingerprint density at radius 3 is 2.60 bits per heavy atom. The number of amides is 4. The fraction of sp³-hybridized carbons (Fsp3) is 0.452. The van der Waals surface area contributed by atoms with Gasteiger partial charge in [-0.05, 0) is 54.0 Å². The van der Waals surface area contributed by atoms with E-state index >= 15 is 0 Å². The molecule has 4 aliphatic heterocycles. The highest BCUT2D eigenvalue weighted by Crippen LogP contribution is 2.45. The van der Waals surface area contributed by atoms with Gasteiger partial charge in [-0.2, -0.15) is 0 Å². The van der Waals surface area contributed by atoms with E-state index in [1.54, 1.807) is 30.3 Å². The molecule has 8 N–H and O–H groups in total. The van der Waals surface area contributed by atoms with Gasteiger partial charge in [-0.15, -0.1) is 0 Å². The first-order valence-corrected chi connectivity index (χ1v) is 15.1. The van der Waals surface area contributed by atoms with Gasteiger partial charge in [0.2, 0.25) is 5.79 Å². The summed E-state index contributed by atoms with van der Waals surface area (Å²) < 4.78 is 0. The largest absolute Gasteiger partial charge is 0.370 e. The number of carbonyl (C=O) groups is 3. The number of fused-ring (bicyclic) bond motifs is 1. The number of aliphatic hydroxyl groups is 2. The van der Waals surface area contributed by atoms with E-state index in [0.717, 1.165) is 35.3 Å². The SMILES string of the molecule is CC1(C)CCCc2c(C(=O)NC3CN4C(N)=N[C@@H](CN5C(=O)CN(c6ccccc6)C5=O)C5N=C(N)NC54C3(O)O)cccc21. The van der Waals surface area contributed by atoms with Gasteiger partial charge in [-0.3, -0.25) is 19.4 Å². The van der Waals surface area contributed by atoms with Gasteiger partial charge in [0.05, 0.1) is 12.6 Å². The molecule has 3 unspecified atom stereocenters. The first-order valence-electron chi connectivity index (χ1n) is 15.1. The van der Waals surface area contributed by atoms with E-state index < -0.39 is 47.4 Å². The summed E-state index contributed by atoms with van der Waals surface area (Å²) in [5.41, 5.74) is 13.8. The monoisotopic (exact) mass is 615 g/mol. The smallest absolute Gasteiger partial charge is 0.331 e. The quantitative estimate of drug-likeness (QED) is 0.190. The third kappa shape index (κ3) is 4.19. The van der Waals surface area contributed by atoms with Gasteiger partial charge >= 0.3 is 6.03 Å². The number of hydrogen-bond acceptors (Lipinski definition) is 11. The van der Waals surface area contributed by atoms with Gasteiger partial charge in [0, 0.05) is 17.8 Å². The van der Waals surface area contributed by atoms with Gasteiger partial charge in [0.25, 0.3) is 11.8 Å². The number of carbonyl (C=O) groups excluding carboxylic acids is 3. The Labute approximate surface area is 259 Å². The fourth-order valence-corrected chi connectivity index (χ4v) is 7.73. The molecular formula is C31H37N9O5. The molecular weight excluding hydrogens is 578 g/mol. The van der Waals surface area contributed by atoms with Crippen LogP contribution in [0.1, 0.15) is 48.2 Å². The van der Waals surface area contributed by atoms with Crippen LogP contribution in [0.15, 0.2) is 58.5 Å². The van der Waals surface area contributed by atoms with Gasteiger partial charge in [0.1, 0.15) is 18.6 Å². The highest BCUT2D eigenvalue weighted by atomic mass is 16.5. The average Bonchev–Trinajstić information content (AvgIpc) is 3.58. The molecule has 0 saturated carbocycles. The molecule has 14 nitrogen and oxygen atoms in total. The molecule has 4 amide bonds. The Hall–Kier alpha value is -4.69. The number of aliphatic imine (C=N–C) groups is 2. The number of nitrogens with one attached hydrogen (secondary N) is 2. The number of nitrogens with zero attached hydrogens (tertiary/aromatic N) is 5. The van der Waals surface area contributed by atoms with Gasteiger partial charge in [0.15, 0.2) is 17.6 Å². The van der Waals surface area contributed by atoms with E-state index in [-0.39, 0.29) is 37.0 Å². The van der Waals surface area contributed by atoms with E-state index in [1.165, 1.54) is 9.80 Å². The minimum absolute atomic E-state index is 0.0734. The summed E-state index contributed by atoms with van der Waals surface area (Å²) in [6.07, 6.45) is 2.70. The minimum Gasteiger partial charge on any atom is -0.370 e. The van der Waals surface area contributed by atoms with Crippen molar-refractivity contribution < 1.29 is 24.6 Å². The zero-order valence-electron chi connectivity index (χ0n) is 25.1. The molecule has 14 heteroatoms. The van der Waals surface area contributed by atoms with Crippen molar-refractivity contribution >= 4 is 35.5 Å². The molecule has 2 fully saturated rings. The van der Waals surface area contributed by atoms with E-state index in [0.29, 0.717) is 11.3 Å². The summed E-state index contributed by atoms with van der Waals surface area (Å²) in [4.78, 5) is 53.0. The zero-order chi connectivity index (χ0) is 31.9. The number of para-hydroxylation sites is 1.